The van der Waals surface area contributed by atoms with Crippen LogP contribution < -0.4 is 4.72 Å². The van der Waals surface area contributed by atoms with E-state index in [4.69, 9.17) is 0 Å². The molecule has 0 atom stereocenters. The fourth-order valence-electron chi connectivity index (χ4n) is 2.68. The Morgan fingerprint density at radius 1 is 1.15 bits per heavy atom. The Bertz CT molecular complexity index is 517. The zero-order chi connectivity index (χ0) is 14.3. The van der Waals surface area contributed by atoms with Crippen LogP contribution in [-0.4, -0.2) is 15.0 Å². The molecule has 0 aliphatic heterocycles. The minimum Gasteiger partial charge on any atom is -0.212 e. The van der Waals surface area contributed by atoms with Gasteiger partial charge < -0.3 is 0 Å². The van der Waals surface area contributed by atoms with E-state index in [0.29, 0.717) is 6.54 Å². The lowest BCUT2D eigenvalue weighted by molar-refractivity contribution is 0.481. The molecule has 0 heterocycles. The molecule has 3 nitrogen and oxygen atoms in total. The average Bonchev–Trinajstić information content (AvgIpc) is 2.96. The van der Waals surface area contributed by atoms with Crippen molar-refractivity contribution in [1.29, 1.82) is 0 Å². The van der Waals surface area contributed by atoms with E-state index in [9.17, 15) is 8.42 Å². The number of rotatable bonds is 7. The van der Waals surface area contributed by atoms with Gasteiger partial charge in [-0.15, -0.1) is 0 Å². The van der Waals surface area contributed by atoms with E-state index in [1.807, 2.05) is 30.3 Å². The molecule has 1 aromatic carbocycles. The maximum absolute atomic E-state index is 11.8. The average molecular weight is 293 g/mol. The molecule has 0 amide bonds. The van der Waals surface area contributed by atoms with Crippen LogP contribution in [0.15, 0.2) is 35.7 Å². The first-order valence-electron chi connectivity index (χ1n) is 7.38. The van der Waals surface area contributed by atoms with Gasteiger partial charge in [-0.3, -0.25) is 0 Å². The first-order chi connectivity index (χ1) is 9.66. The molecule has 0 radical (unpaired) electrons. The maximum Gasteiger partial charge on any atom is 0.233 e. The molecule has 0 saturated heterocycles. The highest BCUT2D eigenvalue weighted by molar-refractivity contribution is 7.92. The summed E-state index contributed by atoms with van der Waals surface area (Å²) in [5, 5.41) is 1.25. The van der Waals surface area contributed by atoms with Gasteiger partial charge in [0.2, 0.25) is 10.0 Å². The molecule has 0 bridgehead atoms. The molecule has 1 N–H and O–H groups in total. The van der Waals surface area contributed by atoms with Crippen LogP contribution in [0.1, 0.15) is 44.1 Å². The lowest BCUT2D eigenvalue weighted by Crippen LogP contribution is -2.22. The highest BCUT2D eigenvalue weighted by atomic mass is 32.2. The molecule has 110 valence electrons. The summed E-state index contributed by atoms with van der Waals surface area (Å²) in [7, 11) is -3.31. The van der Waals surface area contributed by atoms with Crippen LogP contribution >= 0.6 is 0 Å². The van der Waals surface area contributed by atoms with Crippen molar-refractivity contribution in [2.24, 2.45) is 5.92 Å². The van der Waals surface area contributed by atoms with Gasteiger partial charge in [-0.1, -0.05) is 56.0 Å². The monoisotopic (exact) mass is 293 g/mol. The molecule has 1 aromatic rings. The third-order valence-electron chi connectivity index (χ3n) is 3.81. The Labute approximate surface area is 122 Å². The molecule has 0 spiro atoms. The Morgan fingerprint density at radius 3 is 2.55 bits per heavy atom. The van der Waals surface area contributed by atoms with Crippen molar-refractivity contribution in [3.05, 3.63) is 41.3 Å². The minimum absolute atomic E-state index is 0.540. The first kappa shape index (κ1) is 15.3. The number of hydrogen-bond donors (Lipinski definition) is 1. The van der Waals surface area contributed by atoms with E-state index >= 15 is 0 Å². The van der Waals surface area contributed by atoms with Crippen molar-refractivity contribution in [3.8, 4) is 0 Å². The van der Waals surface area contributed by atoms with Crippen molar-refractivity contribution < 1.29 is 8.42 Å². The molecule has 1 fully saturated rings. The lowest BCUT2D eigenvalue weighted by atomic mass is 10.0. The van der Waals surface area contributed by atoms with E-state index in [0.717, 1.165) is 24.3 Å². The smallest absolute Gasteiger partial charge is 0.212 e. The van der Waals surface area contributed by atoms with Crippen LogP contribution in [0, 0.1) is 5.92 Å². The molecule has 20 heavy (non-hydrogen) atoms. The standard InChI is InChI=1S/C16H23NO2S/c18-20(19,14-12-16-7-2-1-3-8-16)17-13-6-11-15-9-4-5-10-15/h1-3,7-8,12,14-15,17H,4-6,9-11,13H2/b14-12+. The molecule has 1 saturated carbocycles. The third-order valence-corrected chi connectivity index (χ3v) is 4.91. The SMILES string of the molecule is O=S(=O)(/C=C/c1ccccc1)NCCCC1CCCC1. The quantitative estimate of drug-likeness (QED) is 0.781. The van der Waals surface area contributed by atoms with Crippen LogP contribution in [-0.2, 0) is 10.0 Å². The van der Waals surface area contributed by atoms with Crippen LogP contribution in [0.3, 0.4) is 0 Å². The number of hydrogen-bond acceptors (Lipinski definition) is 2. The highest BCUT2D eigenvalue weighted by Gasteiger charge is 2.14. The third kappa shape index (κ3) is 5.47. The Kier molecular flexibility index (Phi) is 5.80. The van der Waals surface area contributed by atoms with E-state index < -0.39 is 10.0 Å². The van der Waals surface area contributed by atoms with E-state index in [-0.39, 0.29) is 0 Å². The van der Waals surface area contributed by atoms with Crippen LogP contribution in [0.25, 0.3) is 6.08 Å². The summed E-state index contributed by atoms with van der Waals surface area (Å²) in [5.74, 6) is 0.819. The molecule has 1 aliphatic rings. The van der Waals surface area contributed by atoms with Crippen LogP contribution in [0.2, 0.25) is 0 Å². The Morgan fingerprint density at radius 2 is 1.85 bits per heavy atom. The predicted octanol–water partition coefficient (Wildman–Crippen LogP) is 3.55. The van der Waals surface area contributed by atoms with Crippen molar-refractivity contribution in [2.45, 2.75) is 38.5 Å². The molecule has 0 aromatic heterocycles. The second-order valence-corrected chi connectivity index (χ2v) is 7.10. The van der Waals surface area contributed by atoms with Gasteiger partial charge in [0.05, 0.1) is 0 Å². The Hall–Kier alpha value is -1.13. The zero-order valence-electron chi connectivity index (χ0n) is 11.8. The number of sulfonamides is 1. The van der Waals surface area contributed by atoms with Gasteiger partial charge >= 0.3 is 0 Å². The fourth-order valence-corrected chi connectivity index (χ4v) is 3.55. The molecular formula is C16H23NO2S. The summed E-state index contributed by atoms with van der Waals surface area (Å²) in [6.07, 6.45) is 9.03. The summed E-state index contributed by atoms with van der Waals surface area (Å²) < 4.78 is 26.2. The van der Waals surface area contributed by atoms with Crippen molar-refractivity contribution >= 4 is 16.1 Å². The summed E-state index contributed by atoms with van der Waals surface area (Å²) in [4.78, 5) is 0. The number of nitrogens with one attached hydrogen (secondary N) is 1. The first-order valence-corrected chi connectivity index (χ1v) is 8.93. The Balaban J connectivity index is 1.72. The van der Waals surface area contributed by atoms with E-state index in [2.05, 4.69) is 4.72 Å². The largest absolute Gasteiger partial charge is 0.233 e. The van der Waals surface area contributed by atoms with Gasteiger partial charge in [0.1, 0.15) is 0 Å². The minimum atomic E-state index is -3.31. The van der Waals surface area contributed by atoms with Crippen molar-refractivity contribution in [3.63, 3.8) is 0 Å². The topological polar surface area (TPSA) is 46.2 Å². The zero-order valence-corrected chi connectivity index (χ0v) is 12.6. The van der Waals surface area contributed by atoms with Gasteiger partial charge in [0.15, 0.2) is 0 Å². The summed E-state index contributed by atoms with van der Waals surface area (Å²) in [6.45, 7) is 0.540. The molecule has 0 unspecified atom stereocenters. The lowest BCUT2D eigenvalue weighted by Gasteiger charge is -2.08. The maximum atomic E-state index is 11.8. The molecule has 1 aliphatic carbocycles. The second-order valence-electron chi connectivity index (χ2n) is 5.45. The van der Waals surface area contributed by atoms with Gasteiger partial charge in [-0.2, -0.15) is 0 Å². The van der Waals surface area contributed by atoms with Crippen LogP contribution in [0.5, 0.6) is 0 Å². The van der Waals surface area contributed by atoms with Crippen molar-refractivity contribution in [1.82, 2.24) is 4.72 Å². The fraction of sp³-hybridized carbons (Fsp3) is 0.500. The summed E-state index contributed by atoms with van der Waals surface area (Å²) in [6, 6.07) is 9.45. The van der Waals surface area contributed by atoms with Gasteiger partial charge in [-0.25, -0.2) is 13.1 Å². The second kappa shape index (κ2) is 7.60. The van der Waals surface area contributed by atoms with Gasteiger partial charge in [0, 0.05) is 12.0 Å². The van der Waals surface area contributed by atoms with Crippen molar-refractivity contribution in [2.75, 3.05) is 6.54 Å². The predicted molar refractivity (Wildman–Crippen MR) is 83.6 cm³/mol. The normalized spacial score (nSPS) is 17.0. The molecular weight excluding hydrogens is 270 g/mol. The van der Waals surface area contributed by atoms with E-state index in [1.165, 1.54) is 31.1 Å². The highest BCUT2D eigenvalue weighted by Crippen LogP contribution is 2.28. The summed E-state index contributed by atoms with van der Waals surface area (Å²) in [5.41, 5.74) is 0.892. The number of benzene rings is 1. The van der Waals surface area contributed by atoms with E-state index in [1.54, 1.807) is 6.08 Å². The molecule has 4 heteroatoms. The van der Waals surface area contributed by atoms with Gasteiger partial charge in [0.25, 0.3) is 0 Å². The molecule has 2 rings (SSSR count). The van der Waals surface area contributed by atoms with Crippen LogP contribution in [0.4, 0.5) is 0 Å². The summed E-state index contributed by atoms with van der Waals surface area (Å²) >= 11 is 0. The van der Waals surface area contributed by atoms with Gasteiger partial charge in [-0.05, 0) is 30.4 Å².